The van der Waals surface area contributed by atoms with Crippen molar-refractivity contribution in [2.75, 3.05) is 6.54 Å². The van der Waals surface area contributed by atoms with E-state index in [4.69, 9.17) is 10.7 Å². The molecule has 4 heteroatoms. The number of hydrogen-bond acceptors (Lipinski definition) is 3. The first-order valence-electron chi connectivity index (χ1n) is 6.79. The van der Waals surface area contributed by atoms with E-state index in [1.165, 1.54) is 6.07 Å². The van der Waals surface area contributed by atoms with E-state index in [2.05, 4.69) is 0 Å². The van der Waals surface area contributed by atoms with Crippen molar-refractivity contribution < 1.29 is 4.39 Å². The highest BCUT2D eigenvalue weighted by Gasteiger charge is 2.14. The second-order valence-electron chi connectivity index (χ2n) is 4.70. The van der Waals surface area contributed by atoms with Gasteiger partial charge in [-0.15, -0.1) is 11.3 Å². The van der Waals surface area contributed by atoms with E-state index in [9.17, 15) is 4.39 Å². The normalized spacial score (nSPS) is 10.8. The topological polar surface area (TPSA) is 38.9 Å². The van der Waals surface area contributed by atoms with Crippen LogP contribution in [0, 0.1) is 5.82 Å². The predicted molar refractivity (Wildman–Crippen MR) is 85.7 cm³/mol. The zero-order valence-corrected chi connectivity index (χ0v) is 12.2. The van der Waals surface area contributed by atoms with Gasteiger partial charge >= 0.3 is 0 Å². The van der Waals surface area contributed by atoms with Crippen LogP contribution >= 0.6 is 11.3 Å². The number of aromatic nitrogens is 1. The van der Waals surface area contributed by atoms with Crippen molar-refractivity contribution in [2.24, 2.45) is 5.73 Å². The third-order valence-corrected chi connectivity index (χ3v) is 4.33. The third-order valence-electron chi connectivity index (χ3n) is 3.16. The highest BCUT2D eigenvalue weighted by atomic mass is 32.1. The molecule has 0 bridgehead atoms. The van der Waals surface area contributed by atoms with Gasteiger partial charge in [0.05, 0.1) is 15.6 Å². The fourth-order valence-corrected chi connectivity index (χ4v) is 3.31. The van der Waals surface area contributed by atoms with Gasteiger partial charge in [0.1, 0.15) is 5.82 Å². The molecule has 1 heterocycles. The molecule has 2 aromatic carbocycles. The summed E-state index contributed by atoms with van der Waals surface area (Å²) in [7, 11) is 0. The second kappa shape index (κ2) is 6.16. The predicted octanol–water partition coefficient (Wildman–Crippen LogP) is 4.12. The molecule has 0 amide bonds. The summed E-state index contributed by atoms with van der Waals surface area (Å²) in [4.78, 5) is 5.68. The van der Waals surface area contributed by atoms with Crippen LogP contribution < -0.4 is 5.73 Å². The number of halogens is 1. The molecule has 0 aliphatic rings. The number of nitrogens with zero attached hydrogens (tertiary/aromatic N) is 1. The quantitative estimate of drug-likeness (QED) is 0.787. The Bertz CT molecular complexity index is 738. The van der Waals surface area contributed by atoms with E-state index < -0.39 is 0 Å². The van der Waals surface area contributed by atoms with Gasteiger partial charge in [-0.2, -0.15) is 0 Å². The highest BCUT2D eigenvalue weighted by molar-refractivity contribution is 7.15. The number of thiazole rings is 1. The molecule has 2 N–H and O–H groups in total. The minimum absolute atomic E-state index is 0.236. The fraction of sp³-hybridized carbons (Fsp3) is 0.118. The van der Waals surface area contributed by atoms with E-state index in [0.717, 1.165) is 33.1 Å². The summed E-state index contributed by atoms with van der Waals surface area (Å²) in [5.41, 5.74) is 8.42. The smallest absolute Gasteiger partial charge is 0.123 e. The number of nitrogens with two attached hydrogens (primary N) is 1. The zero-order valence-electron chi connectivity index (χ0n) is 11.4. The Hall–Kier alpha value is -2.04. The minimum Gasteiger partial charge on any atom is -0.330 e. The van der Waals surface area contributed by atoms with Gasteiger partial charge in [0.2, 0.25) is 0 Å². The van der Waals surface area contributed by atoms with Crippen molar-refractivity contribution in [1.82, 2.24) is 4.98 Å². The number of hydrogen-bond donors (Lipinski definition) is 1. The average Bonchev–Trinajstić information content (AvgIpc) is 2.93. The summed E-state index contributed by atoms with van der Waals surface area (Å²) in [6.07, 6.45) is 0.736. The third kappa shape index (κ3) is 3.01. The average molecular weight is 298 g/mol. The molecule has 0 radical (unpaired) electrons. The molecule has 0 unspecified atom stereocenters. The first-order valence-corrected chi connectivity index (χ1v) is 7.60. The Kier molecular flexibility index (Phi) is 4.08. The molecular formula is C17H15FN2S. The van der Waals surface area contributed by atoms with Crippen LogP contribution in [0.5, 0.6) is 0 Å². The van der Waals surface area contributed by atoms with Gasteiger partial charge in [0.25, 0.3) is 0 Å². The van der Waals surface area contributed by atoms with Crippen LogP contribution in [-0.2, 0) is 6.42 Å². The lowest BCUT2D eigenvalue weighted by molar-refractivity contribution is 0.628. The Labute approximate surface area is 127 Å². The van der Waals surface area contributed by atoms with E-state index in [-0.39, 0.29) is 5.82 Å². The maximum atomic E-state index is 13.5. The molecule has 0 spiro atoms. The lowest BCUT2D eigenvalue weighted by atomic mass is 10.1. The van der Waals surface area contributed by atoms with Crippen molar-refractivity contribution in [1.29, 1.82) is 0 Å². The zero-order chi connectivity index (χ0) is 14.7. The standard InChI is InChI=1S/C17H15FN2S/c18-14-8-4-7-13(11-14)17-16(12-5-2-1-3-6-12)20-15(21-17)9-10-19/h1-8,11H,9-10,19H2. The maximum Gasteiger partial charge on any atom is 0.123 e. The second-order valence-corrected chi connectivity index (χ2v) is 5.78. The van der Waals surface area contributed by atoms with Crippen molar-refractivity contribution in [3.8, 4) is 21.7 Å². The van der Waals surface area contributed by atoms with Gasteiger partial charge in [-0.25, -0.2) is 9.37 Å². The maximum absolute atomic E-state index is 13.5. The van der Waals surface area contributed by atoms with Crippen LogP contribution in [0.15, 0.2) is 54.6 Å². The molecule has 2 nitrogen and oxygen atoms in total. The lowest BCUT2D eigenvalue weighted by Gasteiger charge is -2.02. The molecule has 3 rings (SSSR count). The fourth-order valence-electron chi connectivity index (χ4n) is 2.21. The van der Waals surface area contributed by atoms with Crippen molar-refractivity contribution in [3.05, 3.63) is 65.4 Å². The van der Waals surface area contributed by atoms with E-state index in [1.807, 2.05) is 36.4 Å². The van der Waals surface area contributed by atoms with Crippen LogP contribution in [-0.4, -0.2) is 11.5 Å². The summed E-state index contributed by atoms with van der Waals surface area (Å²) in [6, 6.07) is 16.6. The molecule has 21 heavy (non-hydrogen) atoms. The van der Waals surface area contributed by atoms with E-state index >= 15 is 0 Å². The Morgan fingerprint density at radius 3 is 2.48 bits per heavy atom. The van der Waals surface area contributed by atoms with Gasteiger partial charge in [0, 0.05) is 12.0 Å². The first-order chi connectivity index (χ1) is 10.3. The Balaban J connectivity index is 2.14. The van der Waals surface area contributed by atoms with Crippen molar-refractivity contribution in [2.45, 2.75) is 6.42 Å². The summed E-state index contributed by atoms with van der Waals surface area (Å²) in [5, 5.41) is 0.982. The van der Waals surface area contributed by atoms with E-state index in [0.29, 0.717) is 6.54 Å². The van der Waals surface area contributed by atoms with Crippen molar-refractivity contribution in [3.63, 3.8) is 0 Å². The first kappa shape index (κ1) is 13.9. The van der Waals surface area contributed by atoms with Gasteiger partial charge < -0.3 is 5.73 Å². The molecule has 0 saturated heterocycles. The Morgan fingerprint density at radius 1 is 1.00 bits per heavy atom. The largest absolute Gasteiger partial charge is 0.330 e. The van der Waals surface area contributed by atoms with Crippen LogP contribution in [0.2, 0.25) is 0 Å². The molecular weight excluding hydrogens is 283 g/mol. The van der Waals surface area contributed by atoms with Gasteiger partial charge in [0.15, 0.2) is 0 Å². The van der Waals surface area contributed by atoms with Gasteiger partial charge in [-0.3, -0.25) is 0 Å². The van der Waals surface area contributed by atoms with Crippen LogP contribution in [0.3, 0.4) is 0 Å². The molecule has 0 saturated carbocycles. The molecule has 0 aliphatic carbocycles. The van der Waals surface area contributed by atoms with Crippen LogP contribution in [0.1, 0.15) is 5.01 Å². The molecule has 0 atom stereocenters. The molecule has 0 aliphatic heterocycles. The van der Waals surface area contributed by atoms with E-state index in [1.54, 1.807) is 23.5 Å². The molecule has 3 aromatic rings. The molecule has 0 fully saturated rings. The molecule has 106 valence electrons. The number of rotatable bonds is 4. The summed E-state index contributed by atoms with van der Waals surface area (Å²) < 4.78 is 13.5. The molecule has 1 aromatic heterocycles. The van der Waals surface area contributed by atoms with Crippen molar-refractivity contribution >= 4 is 11.3 Å². The summed E-state index contributed by atoms with van der Waals surface area (Å²) in [5.74, 6) is -0.236. The SMILES string of the molecule is NCCc1nc(-c2ccccc2)c(-c2cccc(F)c2)s1. The Morgan fingerprint density at radius 2 is 1.76 bits per heavy atom. The van der Waals surface area contributed by atoms with Crippen LogP contribution in [0.25, 0.3) is 21.7 Å². The summed E-state index contributed by atoms with van der Waals surface area (Å²) >= 11 is 1.58. The number of benzene rings is 2. The monoisotopic (exact) mass is 298 g/mol. The highest BCUT2D eigenvalue weighted by Crippen LogP contribution is 2.37. The van der Waals surface area contributed by atoms with Crippen LogP contribution in [0.4, 0.5) is 4.39 Å². The van der Waals surface area contributed by atoms with Gasteiger partial charge in [-0.05, 0) is 24.2 Å². The lowest BCUT2D eigenvalue weighted by Crippen LogP contribution is -2.01. The minimum atomic E-state index is -0.236. The van der Waals surface area contributed by atoms with Gasteiger partial charge in [-0.1, -0.05) is 42.5 Å². The summed E-state index contributed by atoms with van der Waals surface area (Å²) in [6.45, 7) is 0.560.